The molecule has 2 aromatic carbocycles. The number of carbonyl (C=O) groups excluding carboxylic acids is 1. The number of aromatic nitrogens is 2. The van der Waals surface area contributed by atoms with E-state index in [0.29, 0.717) is 26.6 Å². The number of amides is 1. The fraction of sp³-hybridized carbons (Fsp3) is 0.200. The number of hydrogen-bond acceptors (Lipinski definition) is 8. The summed E-state index contributed by atoms with van der Waals surface area (Å²) in [5.74, 6) is -0.886. The van der Waals surface area contributed by atoms with Crippen LogP contribution in [-0.2, 0) is 17.6 Å². The Balaban J connectivity index is 1.41. The van der Waals surface area contributed by atoms with Crippen LogP contribution in [0.5, 0.6) is 11.5 Å². The second-order valence-electron chi connectivity index (χ2n) is 8.23. The van der Waals surface area contributed by atoms with Gasteiger partial charge in [0.25, 0.3) is 11.5 Å². The zero-order chi connectivity index (χ0) is 25.2. The normalized spacial score (nSPS) is 13.2. The Morgan fingerprint density at radius 1 is 1.17 bits per heavy atom. The number of rotatable bonds is 6. The van der Waals surface area contributed by atoms with E-state index in [-0.39, 0.29) is 28.7 Å². The van der Waals surface area contributed by atoms with Gasteiger partial charge in [0.2, 0.25) is 0 Å². The molecule has 184 valence electrons. The molecule has 0 aliphatic heterocycles. The van der Waals surface area contributed by atoms with E-state index in [2.05, 4.69) is 26.5 Å². The van der Waals surface area contributed by atoms with Crippen LogP contribution in [0.25, 0.3) is 15.9 Å². The highest BCUT2D eigenvalue weighted by Crippen LogP contribution is 2.35. The van der Waals surface area contributed by atoms with E-state index in [1.54, 1.807) is 22.0 Å². The van der Waals surface area contributed by atoms with Gasteiger partial charge < -0.3 is 10.2 Å². The molecule has 1 aliphatic carbocycles. The molecule has 0 unspecified atom stereocenters. The van der Waals surface area contributed by atoms with Gasteiger partial charge in [-0.05, 0) is 79.3 Å². The predicted molar refractivity (Wildman–Crippen MR) is 146 cm³/mol. The number of carbonyl (C=O) groups is 1. The molecule has 36 heavy (non-hydrogen) atoms. The van der Waals surface area contributed by atoms with Crippen molar-refractivity contribution in [2.75, 3.05) is 5.75 Å². The zero-order valence-electron chi connectivity index (χ0n) is 18.9. The minimum absolute atomic E-state index is 0.00225. The highest BCUT2D eigenvalue weighted by molar-refractivity contribution is 9.10. The molecule has 5 rings (SSSR count). The summed E-state index contributed by atoms with van der Waals surface area (Å²) < 4.78 is 2.48. The molecule has 0 saturated carbocycles. The molecule has 2 aromatic heterocycles. The lowest BCUT2D eigenvalue weighted by Gasteiger charge is -2.13. The second-order valence-corrected chi connectivity index (χ2v) is 11.2. The van der Waals surface area contributed by atoms with Crippen LogP contribution in [0.15, 0.2) is 62.0 Å². The molecule has 1 aliphatic rings. The summed E-state index contributed by atoms with van der Waals surface area (Å²) in [5, 5.41) is 24.0. The molecular formula is C25H21BrN4O4S2. The summed E-state index contributed by atoms with van der Waals surface area (Å²) in [6.45, 7) is 0. The van der Waals surface area contributed by atoms with E-state index in [1.807, 2.05) is 24.3 Å². The zero-order valence-corrected chi connectivity index (χ0v) is 22.1. The number of thiophene rings is 1. The van der Waals surface area contributed by atoms with Crippen molar-refractivity contribution in [1.82, 2.24) is 15.0 Å². The number of nitrogens with zero attached hydrogens (tertiary/aromatic N) is 3. The van der Waals surface area contributed by atoms with E-state index >= 15 is 0 Å². The first-order valence-electron chi connectivity index (χ1n) is 11.2. The number of fused-ring (bicyclic) bond motifs is 3. The summed E-state index contributed by atoms with van der Waals surface area (Å²) in [6.07, 6.45) is 5.40. The minimum atomic E-state index is -0.374. The van der Waals surface area contributed by atoms with Gasteiger partial charge in [-0.1, -0.05) is 27.7 Å². The average molecular weight is 586 g/mol. The SMILES string of the molecule is O=C(CSc1nc2sc3c(c2c(=O)n1-c1ccc(Br)cc1)CCCC3)NN=Cc1ccc(O)c(O)c1. The summed E-state index contributed by atoms with van der Waals surface area (Å²) in [6, 6.07) is 11.6. The van der Waals surface area contributed by atoms with Crippen molar-refractivity contribution >= 4 is 61.4 Å². The highest BCUT2D eigenvalue weighted by Gasteiger charge is 2.23. The fourth-order valence-electron chi connectivity index (χ4n) is 4.06. The molecule has 2 heterocycles. The molecular weight excluding hydrogens is 564 g/mol. The Morgan fingerprint density at radius 2 is 1.94 bits per heavy atom. The molecule has 0 spiro atoms. The molecule has 1 amide bonds. The Bertz CT molecular complexity index is 1550. The van der Waals surface area contributed by atoms with E-state index < -0.39 is 0 Å². The number of aryl methyl sites for hydroxylation is 2. The van der Waals surface area contributed by atoms with E-state index in [0.717, 1.165) is 35.7 Å². The van der Waals surface area contributed by atoms with E-state index in [9.17, 15) is 19.8 Å². The van der Waals surface area contributed by atoms with Gasteiger partial charge in [-0.3, -0.25) is 14.2 Å². The molecule has 0 atom stereocenters. The van der Waals surface area contributed by atoms with Gasteiger partial charge in [0.1, 0.15) is 4.83 Å². The fourth-order valence-corrected chi connectivity index (χ4v) is 6.43. The number of thioether (sulfide) groups is 1. The Labute approximate surface area is 222 Å². The summed E-state index contributed by atoms with van der Waals surface area (Å²) in [5.41, 5.74) is 4.64. The molecule has 11 heteroatoms. The Hall–Kier alpha value is -3.15. The quantitative estimate of drug-likeness (QED) is 0.0990. The van der Waals surface area contributed by atoms with Gasteiger partial charge in [0.05, 0.1) is 23.0 Å². The van der Waals surface area contributed by atoms with Crippen molar-refractivity contribution in [3.05, 3.63) is 73.3 Å². The van der Waals surface area contributed by atoms with Crippen molar-refractivity contribution in [2.45, 2.75) is 30.8 Å². The molecule has 0 saturated heterocycles. The van der Waals surface area contributed by atoms with Crippen LogP contribution in [0.4, 0.5) is 0 Å². The standard InChI is InChI=1S/C25H21BrN4O4S2/c26-15-6-8-16(9-7-15)30-24(34)22-17-3-1-2-4-20(17)36-23(22)28-25(30)35-13-21(33)29-27-12-14-5-10-18(31)19(32)11-14/h5-12,31-32H,1-4,13H2,(H,29,33). The maximum absolute atomic E-state index is 13.7. The van der Waals surface area contributed by atoms with Crippen molar-refractivity contribution < 1.29 is 15.0 Å². The topological polar surface area (TPSA) is 117 Å². The number of hydrazone groups is 1. The summed E-state index contributed by atoms with van der Waals surface area (Å²) in [4.78, 5) is 33.0. The number of halogens is 1. The first-order valence-corrected chi connectivity index (χ1v) is 13.8. The monoisotopic (exact) mass is 584 g/mol. The van der Waals surface area contributed by atoms with Crippen molar-refractivity contribution in [3.63, 3.8) is 0 Å². The summed E-state index contributed by atoms with van der Waals surface area (Å²) >= 11 is 6.18. The van der Waals surface area contributed by atoms with E-state index in [1.165, 1.54) is 35.0 Å². The molecule has 8 nitrogen and oxygen atoms in total. The summed E-state index contributed by atoms with van der Waals surface area (Å²) in [7, 11) is 0. The van der Waals surface area contributed by atoms with Gasteiger partial charge in [-0.15, -0.1) is 11.3 Å². The van der Waals surface area contributed by atoms with Crippen molar-refractivity contribution in [3.8, 4) is 17.2 Å². The molecule has 0 fully saturated rings. The first kappa shape index (κ1) is 24.5. The van der Waals surface area contributed by atoms with Crippen molar-refractivity contribution in [2.24, 2.45) is 5.10 Å². The van der Waals surface area contributed by atoms with Crippen LogP contribution in [0, 0.1) is 0 Å². The van der Waals surface area contributed by atoms with Crippen LogP contribution in [0.3, 0.4) is 0 Å². The lowest BCUT2D eigenvalue weighted by Crippen LogP contribution is -2.24. The highest BCUT2D eigenvalue weighted by atomic mass is 79.9. The Morgan fingerprint density at radius 3 is 2.72 bits per heavy atom. The van der Waals surface area contributed by atoms with Crippen LogP contribution in [0.1, 0.15) is 28.8 Å². The third kappa shape index (κ3) is 5.04. The number of phenolic OH excluding ortho intramolecular Hbond substituents is 2. The number of aromatic hydroxyl groups is 2. The predicted octanol–water partition coefficient (Wildman–Crippen LogP) is 4.74. The van der Waals surface area contributed by atoms with Gasteiger partial charge in [-0.25, -0.2) is 10.4 Å². The van der Waals surface area contributed by atoms with Crippen molar-refractivity contribution in [1.29, 1.82) is 0 Å². The average Bonchev–Trinajstić information content (AvgIpc) is 3.24. The maximum atomic E-state index is 13.7. The smallest absolute Gasteiger partial charge is 0.267 e. The van der Waals surface area contributed by atoms with E-state index in [4.69, 9.17) is 4.98 Å². The number of phenols is 2. The lowest BCUT2D eigenvalue weighted by atomic mass is 9.97. The van der Waals surface area contributed by atoms with Gasteiger partial charge >= 0.3 is 0 Å². The van der Waals surface area contributed by atoms with Gasteiger partial charge in [0.15, 0.2) is 16.7 Å². The third-order valence-electron chi connectivity index (χ3n) is 5.78. The number of nitrogens with one attached hydrogen (secondary N) is 1. The minimum Gasteiger partial charge on any atom is -0.504 e. The van der Waals surface area contributed by atoms with Crippen LogP contribution >= 0.6 is 39.0 Å². The van der Waals surface area contributed by atoms with Crippen LogP contribution in [-0.4, -0.2) is 37.6 Å². The molecule has 0 radical (unpaired) electrons. The lowest BCUT2D eigenvalue weighted by molar-refractivity contribution is -0.118. The largest absolute Gasteiger partial charge is 0.504 e. The number of benzene rings is 2. The third-order valence-corrected chi connectivity index (χ3v) is 8.43. The molecule has 3 N–H and O–H groups in total. The van der Waals surface area contributed by atoms with Gasteiger partial charge in [0, 0.05) is 9.35 Å². The number of hydrogen-bond donors (Lipinski definition) is 3. The molecule has 4 aromatic rings. The molecule has 0 bridgehead atoms. The Kier molecular flexibility index (Phi) is 7.13. The maximum Gasteiger partial charge on any atom is 0.267 e. The van der Waals surface area contributed by atoms with Crippen LogP contribution < -0.4 is 11.0 Å². The second kappa shape index (κ2) is 10.5. The van der Waals surface area contributed by atoms with Gasteiger partial charge in [-0.2, -0.15) is 5.10 Å². The van der Waals surface area contributed by atoms with Crippen LogP contribution in [0.2, 0.25) is 0 Å². The first-order chi connectivity index (χ1) is 17.4.